The van der Waals surface area contributed by atoms with Gasteiger partial charge in [0.2, 0.25) is 5.91 Å². The van der Waals surface area contributed by atoms with Gasteiger partial charge in [0, 0.05) is 17.0 Å². The molecule has 0 spiro atoms. The number of hydrogen-bond acceptors (Lipinski definition) is 3. The number of anilines is 1. The van der Waals surface area contributed by atoms with E-state index in [-0.39, 0.29) is 18.3 Å². The highest BCUT2D eigenvalue weighted by atomic mass is 79.9. The molecule has 0 bridgehead atoms. The summed E-state index contributed by atoms with van der Waals surface area (Å²) in [6.45, 7) is 4.29. The summed E-state index contributed by atoms with van der Waals surface area (Å²) in [6.07, 6.45) is 2.97. The first-order chi connectivity index (χ1) is 10.1. The molecule has 1 heterocycles. The van der Waals surface area contributed by atoms with Gasteiger partial charge in [-0.2, -0.15) is 0 Å². The van der Waals surface area contributed by atoms with Crippen LogP contribution in [0.2, 0.25) is 0 Å². The van der Waals surface area contributed by atoms with Crippen molar-refractivity contribution in [3.63, 3.8) is 0 Å². The Morgan fingerprint density at radius 1 is 1.55 bits per heavy atom. The quantitative estimate of drug-likeness (QED) is 0.801. The minimum Gasteiger partial charge on any atom is -0.497 e. The van der Waals surface area contributed by atoms with Crippen molar-refractivity contribution in [2.75, 3.05) is 25.5 Å². The van der Waals surface area contributed by atoms with E-state index in [2.05, 4.69) is 33.5 Å². The second-order valence-corrected chi connectivity index (χ2v) is 6.54. The number of piperidine rings is 1. The van der Waals surface area contributed by atoms with Gasteiger partial charge < -0.3 is 15.4 Å². The van der Waals surface area contributed by atoms with E-state index in [9.17, 15) is 4.79 Å². The molecular weight excluding hydrogens is 368 g/mol. The third kappa shape index (κ3) is 5.45. The number of carbonyl (C=O) groups excluding carboxylic acids is 1. The standard InChI is InChI=1S/C16H23BrN2O2.ClH/c1-11(12-4-3-7-18-10-12)8-16(20)19-15-9-13(21-2)5-6-14(15)17;/h5-6,9,11-12,18H,3-4,7-8,10H2,1-2H3,(H,19,20);1H. The lowest BCUT2D eigenvalue weighted by Crippen LogP contribution is -2.34. The highest BCUT2D eigenvalue weighted by Gasteiger charge is 2.22. The Morgan fingerprint density at radius 2 is 2.32 bits per heavy atom. The Kier molecular flexibility index (Phi) is 8.21. The lowest BCUT2D eigenvalue weighted by atomic mass is 9.85. The zero-order valence-corrected chi connectivity index (χ0v) is 15.4. The third-order valence-electron chi connectivity index (χ3n) is 4.09. The van der Waals surface area contributed by atoms with Crippen molar-refractivity contribution in [2.45, 2.75) is 26.2 Å². The molecular formula is C16H24BrClN2O2. The van der Waals surface area contributed by atoms with Gasteiger partial charge >= 0.3 is 0 Å². The SMILES string of the molecule is COc1ccc(Br)c(NC(=O)CC(C)C2CCCNC2)c1.Cl. The lowest BCUT2D eigenvalue weighted by molar-refractivity contribution is -0.117. The van der Waals surface area contributed by atoms with Crippen LogP contribution in [-0.4, -0.2) is 26.1 Å². The van der Waals surface area contributed by atoms with Crippen LogP contribution in [0.25, 0.3) is 0 Å². The van der Waals surface area contributed by atoms with Crippen molar-refractivity contribution in [1.82, 2.24) is 5.32 Å². The van der Waals surface area contributed by atoms with Crippen LogP contribution in [-0.2, 0) is 4.79 Å². The van der Waals surface area contributed by atoms with Gasteiger partial charge in [0.15, 0.2) is 0 Å². The maximum absolute atomic E-state index is 12.2. The van der Waals surface area contributed by atoms with E-state index in [1.54, 1.807) is 7.11 Å². The molecule has 4 nitrogen and oxygen atoms in total. The first-order valence-corrected chi connectivity index (χ1v) is 8.23. The molecule has 1 aliphatic rings. The fourth-order valence-corrected chi connectivity index (χ4v) is 3.10. The molecule has 0 aliphatic carbocycles. The fraction of sp³-hybridized carbons (Fsp3) is 0.562. The number of ether oxygens (including phenoxy) is 1. The van der Waals surface area contributed by atoms with Crippen LogP contribution in [0.1, 0.15) is 26.2 Å². The van der Waals surface area contributed by atoms with Crippen molar-refractivity contribution in [3.05, 3.63) is 22.7 Å². The number of carbonyl (C=O) groups is 1. The van der Waals surface area contributed by atoms with Crippen LogP contribution >= 0.6 is 28.3 Å². The maximum Gasteiger partial charge on any atom is 0.224 e. The monoisotopic (exact) mass is 390 g/mol. The Morgan fingerprint density at radius 3 is 2.95 bits per heavy atom. The normalized spacial score (nSPS) is 19.0. The summed E-state index contributed by atoms with van der Waals surface area (Å²) in [6, 6.07) is 5.56. The van der Waals surface area contributed by atoms with Gasteiger partial charge in [-0.05, 0) is 65.8 Å². The molecule has 0 aromatic heterocycles. The van der Waals surface area contributed by atoms with E-state index in [1.807, 2.05) is 18.2 Å². The topological polar surface area (TPSA) is 50.4 Å². The van der Waals surface area contributed by atoms with Crippen molar-refractivity contribution >= 4 is 39.9 Å². The Bertz CT molecular complexity index is 493. The summed E-state index contributed by atoms with van der Waals surface area (Å²) in [5.41, 5.74) is 0.758. The number of halogens is 2. The van der Waals surface area contributed by atoms with Crippen LogP contribution in [0.5, 0.6) is 5.75 Å². The van der Waals surface area contributed by atoms with Gasteiger partial charge in [-0.1, -0.05) is 6.92 Å². The summed E-state index contributed by atoms with van der Waals surface area (Å²) in [5.74, 6) is 1.78. The second kappa shape index (κ2) is 9.38. The molecule has 2 N–H and O–H groups in total. The Balaban J connectivity index is 0.00000242. The number of nitrogens with one attached hydrogen (secondary N) is 2. The first kappa shape index (κ1) is 19.3. The number of benzene rings is 1. The molecule has 0 radical (unpaired) electrons. The van der Waals surface area contributed by atoms with Gasteiger partial charge in [0.1, 0.15) is 5.75 Å². The molecule has 6 heteroatoms. The zero-order valence-electron chi connectivity index (χ0n) is 13.0. The van der Waals surface area contributed by atoms with E-state index in [4.69, 9.17) is 4.74 Å². The number of rotatable bonds is 5. The molecule has 1 saturated heterocycles. The number of methoxy groups -OCH3 is 1. The van der Waals surface area contributed by atoms with Crippen LogP contribution in [0, 0.1) is 11.8 Å². The van der Waals surface area contributed by atoms with E-state index in [1.165, 1.54) is 12.8 Å². The molecule has 1 aromatic carbocycles. The molecule has 2 rings (SSSR count). The van der Waals surface area contributed by atoms with Gasteiger partial charge in [-0.3, -0.25) is 4.79 Å². The minimum atomic E-state index is 0. The van der Waals surface area contributed by atoms with E-state index < -0.39 is 0 Å². The second-order valence-electron chi connectivity index (χ2n) is 5.68. The molecule has 1 aliphatic heterocycles. The van der Waals surface area contributed by atoms with Crippen molar-refractivity contribution in [2.24, 2.45) is 11.8 Å². The van der Waals surface area contributed by atoms with Crippen LogP contribution in [0.15, 0.2) is 22.7 Å². The van der Waals surface area contributed by atoms with Gasteiger partial charge in [0.25, 0.3) is 0 Å². The van der Waals surface area contributed by atoms with Crippen molar-refractivity contribution in [1.29, 1.82) is 0 Å². The van der Waals surface area contributed by atoms with Crippen LogP contribution in [0.3, 0.4) is 0 Å². The van der Waals surface area contributed by atoms with Crippen molar-refractivity contribution < 1.29 is 9.53 Å². The van der Waals surface area contributed by atoms with Gasteiger partial charge in [-0.25, -0.2) is 0 Å². The largest absolute Gasteiger partial charge is 0.497 e. The van der Waals surface area contributed by atoms with Gasteiger partial charge in [-0.15, -0.1) is 12.4 Å². The average molecular weight is 392 g/mol. The molecule has 1 amide bonds. The first-order valence-electron chi connectivity index (χ1n) is 7.44. The smallest absolute Gasteiger partial charge is 0.224 e. The maximum atomic E-state index is 12.2. The summed E-state index contributed by atoms with van der Waals surface area (Å²) in [4.78, 5) is 12.2. The van der Waals surface area contributed by atoms with E-state index >= 15 is 0 Å². The van der Waals surface area contributed by atoms with Gasteiger partial charge in [0.05, 0.1) is 12.8 Å². The molecule has 22 heavy (non-hydrogen) atoms. The molecule has 124 valence electrons. The predicted molar refractivity (Wildman–Crippen MR) is 95.9 cm³/mol. The predicted octanol–water partition coefficient (Wildman–Crippen LogP) is 3.84. The van der Waals surface area contributed by atoms with E-state index in [0.717, 1.165) is 29.0 Å². The summed E-state index contributed by atoms with van der Waals surface area (Å²) in [7, 11) is 1.62. The molecule has 1 fully saturated rings. The third-order valence-corrected chi connectivity index (χ3v) is 4.79. The highest BCUT2D eigenvalue weighted by Crippen LogP contribution is 2.28. The molecule has 2 unspecified atom stereocenters. The zero-order chi connectivity index (χ0) is 15.2. The Labute approximate surface area is 146 Å². The Hall–Kier alpha value is -0.780. The lowest BCUT2D eigenvalue weighted by Gasteiger charge is -2.28. The number of amides is 1. The van der Waals surface area contributed by atoms with E-state index in [0.29, 0.717) is 18.3 Å². The number of hydrogen-bond donors (Lipinski definition) is 2. The minimum absolute atomic E-state index is 0. The summed E-state index contributed by atoms with van der Waals surface area (Å²) in [5, 5.41) is 6.38. The summed E-state index contributed by atoms with van der Waals surface area (Å²) < 4.78 is 6.05. The van der Waals surface area contributed by atoms with Crippen LogP contribution < -0.4 is 15.4 Å². The highest BCUT2D eigenvalue weighted by molar-refractivity contribution is 9.10. The fourth-order valence-electron chi connectivity index (χ4n) is 2.75. The molecule has 1 aromatic rings. The van der Waals surface area contributed by atoms with Crippen molar-refractivity contribution in [3.8, 4) is 5.75 Å². The average Bonchev–Trinajstić information content (AvgIpc) is 2.50. The molecule has 0 saturated carbocycles. The van der Waals surface area contributed by atoms with Crippen LogP contribution in [0.4, 0.5) is 5.69 Å². The molecule has 2 atom stereocenters. The summed E-state index contributed by atoms with van der Waals surface area (Å²) >= 11 is 3.45.